The van der Waals surface area contributed by atoms with E-state index in [2.05, 4.69) is 5.32 Å². The molecule has 3 aliphatic heterocycles. The quantitative estimate of drug-likeness (QED) is 0.643. The van der Waals surface area contributed by atoms with Crippen LogP contribution in [0.15, 0.2) is 18.2 Å². The minimum absolute atomic E-state index is 0.0514. The SMILES string of the molecule is CC(C)(C)OC(=O)N1CCOC[C@@H]1COc1ccc2c(c1)C(=O)N(C1CCC(=O)NC1=O)C2=O. The summed E-state index contributed by atoms with van der Waals surface area (Å²) in [6.07, 6.45) is -0.323. The molecule has 1 aromatic rings. The molecule has 2 atom stereocenters. The van der Waals surface area contributed by atoms with Crippen molar-refractivity contribution in [1.29, 1.82) is 0 Å². The molecule has 3 aliphatic rings. The van der Waals surface area contributed by atoms with Crippen molar-refractivity contribution in [3.63, 3.8) is 0 Å². The van der Waals surface area contributed by atoms with Gasteiger partial charge in [-0.05, 0) is 45.4 Å². The lowest BCUT2D eigenvalue weighted by Gasteiger charge is -2.36. The van der Waals surface area contributed by atoms with E-state index >= 15 is 0 Å². The molecule has 0 bridgehead atoms. The Morgan fingerprint density at radius 1 is 1.15 bits per heavy atom. The van der Waals surface area contributed by atoms with Gasteiger partial charge in [-0.2, -0.15) is 0 Å². The van der Waals surface area contributed by atoms with E-state index in [1.807, 2.05) is 0 Å². The average molecular weight is 473 g/mol. The molecule has 34 heavy (non-hydrogen) atoms. The molecule has 3 heterocycles. The van der Waals surface area contributed by atoms with Gasteiger partial charge < -0.3 is 14.2 Å². The second-order valence-corrected chi connectivity index (χ2v) is 9.37. The third-order valence-electron chi connectivity index (χ3n) is 5.71. The molecule has 11 heteroatoms. The lowest BCUT2D eigenvalue weighted by molar-refractivity contribution is -0.136. The molecule has 0 aromatic heterocycles. The standard InChI is InChI=1S/C23H27N3O8/c1-23(2,3)34-22(31)25-8-9-32-11-13(25)12-33-14-4-5-15-16(10-14)21(30)26(20(15)29)17-6-7-18(27)24-19(17)28/h4-5,10,13,17H,6-9,11-12H2,1-3H3,(H,24,27,28)/t13-,17?/m1/s1. The zero-order valence-corrected chi connectivity index (χ0v) is 19.3. The highest BCUT2D eigenvalue weighted by atomic mass is 16.6. The summed E-state index contributed by atoms with van der Waals surface area (Å²) in [6, 6.07) is 3.05. The average Bonchev–Trinajstić information content (AvgIpc) is 3.01. The molecular formula is C23H27N3O8. The molecule has 0 radical (unpaired) electrons. The van der Waals surface area contributed by atoms with Crippen molar-refractivity contribution in [1.82, 2.24) is 15.1 Å². The number of morpholine rings is 1. The summed E-state index contributed by atoms with van der Waals surface area (Å²) in [5, 5.41) is 2.17. The van der Waals surface area contributed by atoms with Crippen LogP contribution in [0.25, 0.3) is 0 Å². The summed E-state index contributed by atoms with van der Waals surface area (Å²) in [7, 11) is 0. The van der Waals surface area contributed by atoms with Gasteiger partial charge >= 0.3 is 6.09 Å². The summed E-state index contributed by atoms with van der Waals surface area (Å²) in [5.74, 6) is -1.96. The topological polar surface area (TPSA) is 132 Å². The smallest absolute Gasteiger partial charge is 0.410 e. The van der Waals surface area contributed by atoms with E-state index in [1.165, 1.54) is 12.1 Å². The predicted octanol–water partition coefficient (Wildman–Crippen LogP) is 1.10. The summed E-state index contributed by atoms with van der Waals surface area (Å²) in [4.78, 5) is 64.4. The van der Waals surface area contributed by atoms with Gasteiger partial charge in [-0.15, -0.1) is 0 Å². The Bertz CT molecular complexity index is 1050. The van der Waals surface area contributed by atoms with E-state index in [0.29, 0.717) is 18.9 Å². The van der Waals surface area contributed by atoms with Crippen molar-refractivity contribution in [2.75, 3.05) is 26.4 Å². The van der Waals surface area contributed by atoms with Crippen LogP contribution in [0.5, 0.6) is 5.75 Å². The van der Waals surface area contributed by atoms with Gasteiger partial charge in [0.1, 0.15) is 24.0 Å². The molecule has 1 unspecified atom stereocenters. The van der Waals surface area contributed by atoms with Crippen molar-refractivity contribution < 1.29 is 38.2 Å². The Morgan fingerprint density at radius 3 is 2.59 bits per heavy atom. The van der Waals surface area contributed by atoms with Crippen LogP contribution in [0.4, 0.5) is 4.79 Å². The fourth-order valence-electron chi connectivity index (χ4n) is 4.09. The van der Waals surface area contributed by atoms with Gasteiger partial charge in [0.15, 0.2) is 0 Å². The first-order valence-corrected chi connectivity index (χ1v) is 11.1. The number of hydrogen-bond donors (Lipinski definition) is 1. The van der Waals surface area contributed by atoms with Gasteiger partial charge in [0, 0.05) is 13.0 Å². The second-order valence-electron chi connectivity index (χ2n) is 9.37. The maximum absolute atomic E-state index is 13.0. The highest BCUT2D eigenvalue weighted by Crippen LogP contribution is 2.30. The van der Waals surface area contributed by atoms with Crippen LogP contribution in [0.2, 0.25) is 0 Å². The highest BCUT2D eigenvalue weighted by Gasteiger charge is 2.44. The largest absolute Gasteiger partial charge is 0.491 e. The van der Waals surface area contributed by atoms with E-state index in [9.17, 15) is 24.0 Å². The molecule has 1 N–H and O–H groups in total. The van der Waals surface area contributed by atoms with Gasteiger partial charge in [0.05, 0.1) is 30.4 Å². The van der Waals surface area contributed by atoms with Crippen LogP contribution in [0.3, 0.4) is 0 Å². The van der Waals surface area contributed by atoms with Crippen LogP contribution in [-0.4, -0.2) is 83.6 Å². The number of nitrogens with zero attached hydrogens (tertiary/aromatic N) is 2. The number of rotatable bonds is 4. The van der Waals surface area contributed by atoms with Gasteiger partial charge in [0.25, 0.3) is 11.8 Å². The molecule has 0 aliphatic carbocycles. The Hall–Kier alpha value is -3.47. The summed E-state index contributed by atoms with van der Waals surface area (Å²) in [5.41, 5.74) is -0.350. The number of hydrogen-bond acceptors (Lipinski definition) is 8. The Labute approximate surface area is 196 Å². The molecule has 5 amide bonds. The Balaban J connectivity index is 1.45. The van der Waals surface area contributed by atoms with Crippen molar-refractivity contribution >= 4 is 29.7 Å². The number of carbonyl (C=O) groups is 5. The molecule has 11 nitrogen and oxygen atoms in total. The second kappa shape index (κ2) is 9.05. The molecule has 2 saturated heterocycles. The van der Waals surface area contributed by atoms with Crippen LogP contribution in [0, 0.1) is 0 Å². The van der Waals surface area contributed by atoms with Gasteiger partial charge in [-0.1, -0.05) is 0 Å². The van der Waals surface area contributed by atoms with Crippen molar-refractivity contribution in [2.45, 2.75) is 51.3 Å². The van der Waals surface area contributed by atoms with Gasteiger partial charge in [-0.3, -0.25) is 34.3 Å². The fraction of sp³-hybridized carbons (Fsp3) is 0.522. The summed E-state index contributed by atoms with van der Waals surface area (Å²) >= 11 is 0. The zero-order chi connectivity index (χ0) is 24.6. The summed E-state index contributed by atoms with van der Waals surface area (Å²) < 4.78 is 16.8. The Kier molecular flexibility index (Phi) is 6.30. The van der Waals surface area contributed by atoms with Crippen LogP contribution < -0.4 is 10.1 Å². The Morgan fingerprint density at radius 2 is 1.88 bits per heavy atom. The first kappa shape index (κ1) is 23.7. The molecular weight excluding hydrogens is 446 g/mol. The van der Waals surface area contributed by atoms with Gasteiger partial charge in [0.2, 0.25) is 11.8 Å². The molecule has 0 spiro atoms. The number of fused-ring (bicyclic) bond motifs is 1. The number of piperidine rings is 1. The number of ether oxygens (including phenoxy) is 3. The fourth-order valence-corrected chi connectivity index (χ4v) is 4.09. The first-order valence-electron chi connectivity index (χ1n) is 11.1. The van der Waals surface area contributed by atoms with Crippen LogP contribution in [-0.2, 0) is 19.1 Å². The predicted molar refractivity (Wildman–Crippen MR) is 116 cm³/mol. The number of imide groups is 2. The maximum atomic E-state index is 13.0. The van der Waals surface area contributed by atoms with Crippen LogP contribution >= 0.6 is 0 Å². The number of amides is 5. The van der Waals surface area contributed by atoms with E-state index in [-0.39, 0.29) is 37.2 Å². The monoisotopic (exact) mass is 473 g/mol. The summed E-state index contributed by atoms with van der Waals surface area (Å²) in [6.45, 7) is 6.48. The normalized spacial score (nSPS) is 23.0. The minimum atomic E-state index is -1.03. The molecule has 2 fully saturated rings. The lowest BCUT2D eigenvalue weighted by Crippen LogP contribution is -2.54. The minimum Gasteiger partial charge on any atom is -0.491 e. The third kappa shape index (κ3) is 4.74. The third-order valence-corrected chi connectivity index (χ3v) is 5.71. The van der Waals surface area contributed by atoms with Gasteiger partial charge in [-0.25, -0.2) is 4.79 Å². The number of carbonyl (C=O) groups excluding carboxylic acids is 5. The van der Waals surface area contributed by atoms with E-state index < -0.39 is 47.4 Å². The van der Waals surface area contributed by atoms with E-state index in [1.54, 1.807) is 31.7 Å². The number of benzene rings is 1. The molecule has 1 aromatic carbocycles. The zero-order valence-electron chi connectivity index (χ0n) is 19.3. The molecule has 0 saturated carbocycles. The van der Waals surface area contributed by atoms with Crippen molar-refractivity contribution in [3.05, 3.63) is 29.3 Å². The lowest BCUT2D eigenvalue weighted by atomic mass is 10.0. The molecule has 182 valence electrons. The van der Waals surface area contributed by atoms with Crippen molar-refractivity contribution in [2.24, 2.45) is 0 Å². The van der Waals surface area contributed by atoms with E-state index in [4.69, 9.17) is 14.2 Å². The molecule has 4 rings (SSSR count). The first-order chi connectivity index (χ1) is 16.0. The highest BCUT2D eigenvalue weighted by molar-refractivity contribution is 6.23. The van der Waals surface area contributed by atoms with E-state index in [0.717, 1.165) is 4.90 Å². The van der Waals surface area contributed by atoms with Crippen LogP contribution in [0.1, 0.15) is 54.3 Å². The number of nitrogens with one attached hydrogen (secondary N) is 1. The van der Waals surface area contributed by atoms with Crippen molar-refractivity contribution in [3.8, 4) is 5.75 Å². The maximum Gasteiger partial charge on any atom is 0.410 e.